The maximum Gasteiger partial charge on any atom is 0.194 e. The Morgan fingerprint density at radius 2 is 2.22 bits per heavy atom. The van der Waals surface area contributed by atoms with Crippen LogP contribution in [0.1, 0.15) is 25.3 Å². The van der Waals surface area contributed by atoms with Crippen LogP contribution in [0.5, 0.6) is 0 Å². The van der Waals surface area contributed by atoms with Crippen LogP contribution >= 0.6 is 0 Å². The zero-order valence-electron chi connectivity index (χ0n) is 16.0. The van der Waals surface area contributed by atoms with Gasteiger partial charge in [-0.2, -0.15) is 0 Å². The molecular weight excluding hydrogens is 336 g/mol. The lowest BCUT2D eigenvalue weighted by molar-refractivity contribution is 0.156. The third-order valence-corrected chi connectivity index (χ3v) is 5.56. The molecule has 1 spiro atoms. The van der Waals surface area contributed by atoms with Crippen molar-refractivity contribution in [3.63, 3.8) is 0 Å². The fraction of sp³-hybridized carbons (Fsp3) is 0.455. The van der Waals surface area contributed by atoms with Gasteiger partial charge in [0, 0.05) is 43.4 Å². The molecule has 2 aliphatic rings. The van der Waals surface area contributed by atoms with Gasteiger partial charge in [0.15, 0.2) is 5.96 Å². The predicted octanol–water partition coefficient (Wildman–Crippen LogP) is 3.33. The molecule has 2 aromatic rings. The Hall–Kier alpha value is -2.40. The Morgan fingerprint density at radius 1 is 1.26 bits per heavy atom. The number of aromatic nitrogens is 1. The molecule has 0 radical (unpaired) electrons. The number of nitrogens with zero attached hydrogens (tertiary/aromatic N) is 3. The first-order valence-electron chi connectivity index (χ1n) is 9.89. The topological polar surface area (TPSA) is 49.8 Å². The maximum atomic E-state index is 5.66. The van der Waals surface area contributed by atoms with Crippen molar-refractivity contribution in [1.82, 2.24) is 15.2 Å². The minimum atomic E-state index is 0.342. The first-order chi connectivity index (χ1) is 13.3. The van der Waals surface area contributed by atoms with Gasteiger partial charge in [0.2, 0.25) is 0 Å². The van der Waals surface area contributed by atoms with E-state index in [0.29, 0.717) is 12.0 Å². The van der Waals surface area contributed by atoms with E-state index in [4.69, 9.17) is 9.73 Å². The number of hydrogen-bond acceptors (Lipinski definition) is 3. The molecule has 1 aromatic heterocycles. The van der Waals surface area contributed by atoms with Crippen LogP contribution in [-0.2, 0) is 11.3 Å². The zero-order chi connectivity index (χ0) is 18.5. The van der Waals surface area contributed by atoms with Crippen molar-refractivity contribution in [1.29, 1.82) is 0 Å². The summed E-state index contributed by atoms with van der Waals surface area (Å²) in [6.45, 7) is 7.59. The number of pyridine rings is 1. The van der Waals surface area contributed by atoms with Crippen LogP contribution in [0.2, 0.25) is 0 Å². The lowest BCUT2D eigenvalue weighted by atomic mass is 9.87. The van der Waals surface area contributed by atoms with Gasteiger partial charge in [0.25, 0.3) is 0 Å². The van der Waals surface area contributed by atoms with Crippen molar-refractivity contribution in [2.75, 3.05) is 32.8 Å². The average Bonchev–Trinajstić information content (AvgIpc) is 3.36. The van der Waals surface area contributed by atoms with Crippen LogP contribution in [0.4, 0.5) is 0 Å². The number of ether oxygens (including phenoxy) is 1. The molecule has 5 heteroatoms. The summed E-state index contributed by atoms with van der Waals surface area (Å²) in [6, 6.07) is 14.5. The van der Waals surface area contributed by atoms with Gasteiger partial charge in [0.05, 0.1) is 18.8 Å². The van der Waals surface area contributed by atoms with Crippen molar-refractivity contribution in [3.05, 3.63) is 54.2 Å². The number of likely N-dealkylation sites (tertiary alicyclic amines) is 1. The maximum absolute atomic E-state index is 5.66. The average molecular weight is 364 g/mol. The van der Waals surface area contributed by atoms with Gasteiger partial charge in [-0.15, -0.1) is 0 Å². The normalized spacial score (nSPS) is 22.6. The van der Waals surface area contributed by atoms with E-state index in [2.05, 4.69) is 46.4 Å². The van der Waals surface area contributed by atoms with E-state index in [1.807, 2.05) is 24.4 Å². The molecule has 2 saturated heterocycles. The van der Waals surface area contributed by atoms with E-state index in [1.54, 1.807) is 0 Å². The number of guanidine groups is 1. The Balaban J connectivity index is 1.48. The second kappa shape index (κ2) is 8.09. The van der Waals surface area contributed by atoms with Gasteiger partial charge >= 0.3 is 0 Å². The summed E-state index contributed by atoms with van der Waals surface area (Å²) in [5.41, 5.74) is 3.68. The molecule has 0 bridgehead atoms. The second-order valence-electron chi connectivity index (χ2n) is 7.56. The number of aliphatic imine (C=N–C) groups is 1. The van der Waals surface area contributed by atoms with E-state index in [0.717, 1.165) is 50.1 Å². The lowest BCUT2D eigenvalue weighted by Gasteiger charge is -2.25. The monoisotopic (exact) mass is 364 g/mol. The van der Waals surface area contributed by atoms with Crippen LogP contribution < -0.4 is 5.32 Å². The van der Waals surface area contributed by atoms with Crippen molar-refractivity contribution >= 4 is 5.96 Å². The van der Waals surface area contributed by atoms with E-state index in [1.165, 1.54) is 18.4 Å². The van der Waals surface area contributed by atoms with Gasteiger partial charge in [-0.1, -0.05) is 24.3 Å². The zero-order valence-corrected chi connectivity index (χ0v) is 16.0. The first-order valence-corrected chi connectivity index (χ1v) is 9.89. The summed E-state index contributed by atoms with van der Waals surface area (Å²) in [5, 5.41) is 3.47. The third kappa shape index (κ3) is 4.14. The van der Waals surface area contributed by atoms with Crippen LogP contribution in [-0.4, -0.2) is 48.7 Å². The third-order valence-electron chi connectivity index (χ3n) is 5.56. The largest absolute Gasteiger partial charge is 0.381 e. The lowest BCUT2D eigenvalue weighted by Crippen LogP contribution is -2.41. The van der Waals surface area contributed by atoms with Crippen molar-refractivity contribution in [3.8, 4) is 11.3 Å². The minimum absolute atomic E-state index is 0.342. The number of nitrogens with one attached hydrogen (secondary N) is 1. The summed E-state index contributed by atoms with van der Waals surface area (Å²) in [5.74, 6) is 1.02. The summed E-state index contributed by atoms with van der Waals surface area (Å²) in [6.07, 6.45) is 4.21. The fourth-order valence-electron chi connectivity index (χ4n) is 4.04. The van der Waals surface area contributed by atoms with Crippen LogP contribution in [0, 0.1) is 5.41 Å². The van der Waals surface area contributed by atoms with Crippen LogP contribution in [0.25, 0.3) is 11.3 Å². The number of benzene rings is 1. The molecule has 0 amide bonds. The Morgan fingerprint density at radius 3 is 3.00 bits per heavy atom. The highest BCUT2D eigenvalue weighted by Gasteiger charge is 2.42. The number of rotatable bonds is 4. The van der Waals surface area contributed by atoms with Gasteiger partial charge < -0.3 is 15.0 Å². The van der Waals surface area contributed by atoms with Crippen LogP contribution in [0.3, 0.4) is 0 Å². The standard InChI is InChI=1S/C22H28N4O/c1-2-23-21(26-12-9-22(16-26)10-13-27-17-22)25-15-18-6-5-7-19(14-18)20-8-3-4-11-24-20/h3-8,11,14H,2,9-10,12-13,15-17H2,1H3,(H,23,25). The molecule has 5 nitrogen and oxygen atoms in total. The minimum Gasteiger partial charge on any atom is -0.381 e. The quantitative estimate of drug-likeness (QED) is 0.668. The fourth-order valence-corrected chi connectivity index (χ4v) is 4.04. The molecule has 0 aliphatic carbocycles. The summed E-state index contributed by atoms with van der Waals surface area (Å²) < 4.78 is 5.66. The molecule has 27 heavy (non-hydrogen) atoms. The molecule has 1 unspecified atom stereocenters. The molecule has 1 atom stereocenters. The highest BCUT2D eigenvalue weighted by Crippen LogP contribution is 2.38. The van der Waals surface area contributed by atoms with Gasteiger partial charge in [-0.3, -0.25) is 4.98 Å². The van der Waals surface area contributed by atoms with Gasteiger partial charge in [-0.05, 0) is 43.5 Å². The highest BCUT2D eigenvalue weighted by atomic mass is 16.5. The predicted molar refractivity (Wildman–Crippen MR) is 109 cm³/mol. The molecule has 142 valence electrons. The van der Waals surface area contributed by atoms with Crippen molar-refractivity contribution in [2.45, 2.75) is 26.3 Å². The van der Waals surface area contributed by atoms with E-state index in [-0.39, 0.29) is 0 Å². The second-order valence-corrected chi connectivity index (χ2v) is 7.56. The van der Waals surface area contributed by atoms with Crippen LogP contribution in [0.15, 0.2) is 53.7 Å². The molecular formula is C22H28N4O. The molecule has 4 rings (SSSR count). The smallest absolute Gasteiger partial charge is 0.194 e. The first kappa shape index (κ1) is 18.0. The highest BCUT2D eigenvalue weighted by molar-refractivity contribution is 5.80. The van der Waals surface area contributed by atoms with E-state index in [9.17, 15) is 0 Å². The van der Waals surface area contributed by atoms with Crippen molar-refractivity contribution < 1.29 is 4.74 Å². The Kier molecular flexibility index (Phi) is 5.39. The van der Waals surface area contributed by atoms with Gasteiger partial charge in [-0.25, -0.2) is 4.99 Å². The van der Waals surface area contributed by atoms with E-state index >= 15 is 0 Å². The Bertz CT molecular complexity index is 784. The van der Waals surface area contributed by atoms with E-state index < -0.39 is 0 Å². The molecule has 0 saturated carbocycles. The number of hydrogen-bond donors (Lipinski definition) is 1. The van der Waals surface area contributed by atoms with Crippen molar-refractivity contribution in [2.24, 2.45) is 10.4 Å². The molecule has 3 heterocycles. The molecule has 1 aromatic carbocycles. The Labute approximate surface area is 161 Å². The molecule has 2 fully saturated rings. The summed E-state index contributed by atoms with van der Waals surface area (Å²) >= 11 is 0. The molecule has 2 aliphatic heterocycles. The SMILES string of the molecule is CCNC(=NCc1cccc(-c2ccccn2)c1)N1CCC2(CCOC2)C1. The van der Waals surface area contributed by atoms with Gasteiger partial charge in [0.1, 0.15) is 0 Å². The summed E-state index contributed by atoms with van der Waals surface area (Å²) in [4.78, 5) is 11.8. The molecule has 1 N–H and O–H groups in total. The summed E-state index contributed by atoms with van der Waals surface area (Å²) in [7, 11) is 0.